The number of carbonyl (C=O) groups is 1. The first-order valence-corrected chi connectivity index (χ1v) is 7.62. The average molecular weight is 332 g/mol. The summed E-state index contributed by atoms with van der Waals surface area (Å²) in [4.78, 5) is 10.3. The van der Waals surface area contributed by atoms with Crippen LogP contribution >= 0.6 is 23.2 Å². The highest BCUT2D eigenvalue weighted by Crippen LogP contribution is 2.25. The minimum Gasteiger partial charge on any atom is -0.481 e. The van der Waals surface area contributed by atoms with Gasteiger partial charge in [0, 0.05) is 16.5 Å². The van der Waals surface area contributed by atoms with Crippen LogP contribution in [-0.4, -0.2) is 22.5 Å². The molecule has 0 saturated heterocycles. The zero-order valence-electron chi connectivity index (χ0n) is 11.6. The largest absolute Gasteiger partial charge is 0.481 e. The molecule has 1 aromatic rings. The number of benzene rings is 1. The standard InChI is InChI=1S/C8H14O2.C7H5Cl2NO/c9-8(10)6-7-4-2-1-3-5-7;8-6-1-5(4-10-11)2-7(9)3-6/h7H,1-6H2,(H,9,10);1-4,11H. The number of aliphatic carboxylic acids is 1. The van der Waals surface area contributed by atoms with Gasteiger partial charge in [-0.3, -0.25) is 4.79 Å². The van der Waals surface area contributed by atoms with Crippen molar-refractivity contribution in [3.8, 4) is 0 Å². The average Bonchev–Trinajstić information content (AvgIpc) is 2.39. The van der Waals surface area contributed by atoms with Crippen LogP contribution in [0.2, 0.25) is 10.0 Å². The van der Waals surface area contributed by atoms with Gasteiger partial charge >= 0.3 is 5.97 Å². The third kappa shape index (κ3) is 7.93. The molecule has 1 fully saturated rings. The Morgan fingerprint density at radius 3 is 2.24 bits per heavy atom. The van der Waals surface area contributed by atoms with E-state index in [0.29, 0.717) is 27.9 Å². The number of hydrogen-bond acceptors (Lipinski definition) is 3. The lowest BCUT2D eigenvalue weighted by Gasteiger charge is -2.18. The van der Waals surface area contributed by atoms with Crippen LogP contribution in [0.3, 0.4) is 0 Å². The van der Waals surface area contributed by atoms with Gasteiger partial charge in [0.25, 0.3) is 0 Å². The summed E-state index contributed by atoms with van der Waals surface area (Å²) in [6.45, 7) is 0. The Morgan fingerprint density at radius 1 is 1.19 bits per heavy atom. The van der Waals surface area contributed by atoms with Crippen LogP contribution in [0.1, 0.15) is 44.1 Å². The van der Waals surface area contributed by atoms with Crippen molar-refractivity contribution in [2.75, 3.05) is 0 Å². The molecule has 0 spiro atoms. The molecule has 0 atom stereocenters. The van der Waals surface area contributed by atoms with Gasteiger partial charge < -0.3 is 10.3 Å². The summed E-state index contributed by atoms with van der Waals surface area (Å²) in [7, 11) is 0. The van der Waals surface area contributed by atoms with Crippen LogP contribution in [0.5, 0.6) is 0 Å². The maximum Gasteiger partial charge on any atom is 0.303 e. The molecular formula is C15H19Cl2NO3. The number of nitrogens with zero attached hydrogens (tertiary/aromatic N) is 1. The smallest absolute Gasteiger partial charge is 0.303 e. The second-order valence-corrected chi connectivity index (χ2v) is 5.92. The molecule has 1 aromatic carbocycles. The molecule has 0 bridgehead atoms. The number of oxime groups is 1. The SMILES string of the molecule is O=C(O)CC1CCCCC1.ON=Cc1cc(Cl)cc(Cl)c1. The summed E-state index contributed by atoms with van der Waals surface area (Å²) in [5, 5.41) is 20.5. The summed E-state index contributed by atoms with van der Waals surface area (Å²) in [5.41, 5.74) is 0.671. The summed E-state index contributed by atoms with van der Waals surface area (Å²) in [6.07, 6.45) is 7.68. The molecule has 0 amide bonds. The van der Waals surface area contributed by atoms with Gasteiger partial charge in [0.05, 0.1) is 6.21 Å². The molecule has 0 unspecified atom stereocenters. The van der Waals surface area contributed by atoms with Crippen LogP contribution in [0.25, 0.3) is 0 Å². The van der Waals surface area contributed by atoms with Crippen LogP contribution in [0.4, 0.5) is 0 Å². The molecule has 1 aliphatic carbocycles. The van der Waals surface area contributed by atoms with E-state index in [2.05, 4.69) is 5.16 Å². The van der Waals surface area contributed by atoms with Gasteiger partial charge in [0.2, 0.25) is 0 Å². The Bertz CT molecular complexity index is 466. The van der Waals surface area contributed by atoms with E-state index in [1.165, 1.54) is 25.5 Å². The second kappa shape index (κ2) is 9.64. The minimum atomic E-state index is -0.632. The topological polar surface area (TPSA) is 69.9 Å². The van der Waals surface area contributed by atoms with Crippen molar-refractivity contribution in [1.82, 2.24) is 0 Å². The first kappa shape index (κ1) is 17.8. The second-order valence-electron chi connectivity index (χ2n) is 5.05. The summed E-state index contributed by atoms with van der Waals surface area (Å²) >= 11 is 11.3. The Hall–Kier alpha value is -1.26. The van der Waals surface area contributed by atoms with E-state index >= 15 is 0 Å². The van der Waals surface area contributed by atoms with Gasteiger partial charge in [0.1, 0.15) is 0 Å². The van der Waals surface area contributed by atoms with E-state index in [1.54, 1.807) is 18.2 Å². The zero-order valence-corrected chi connectivity index (χ0v) is 13.1. The molecule has 1 aliphatic rings. The lowest BCUT2D eigenvalue weighted by atomic mass is 9.87. The Kier molecular flexibility index (Phi) is 8.16. The lowest BCUT2D eigenvalue weighted by molar-refractivity contribution is -0.138. The van der Waals surface area contributed by atoms with E-state index in [4.69, 9.17) is 33.5 Å². The van der Waals surface area contributed by atoms with Gasteiger partial charge in [-0.25, -0.2) is 0 Å². The maximum atomic E-state index is 10.3. The molecule has 4 nitrogen and oxygen atoms in total. The number of halogens is 2. The fourth-order valence-corrected chi connectivity index (χ4v) is 2.90. The quantitative estimate of drug-likeness (QED) is 0.472. The molecule has 21 heavy (non-hydrogen) atoms. The molecule has 0 aliphatic heterocycles. The van der Waals surface area contributed by atoms with Crippen molar-refractivity contribution in [3.63, 3.8) is 0 Å². The van der Waals surface area contributed by atoms with Crippen molar-refractivity contribution in [2.45, 2.75) is 38.5 Å². The van der Waals surface area contributed by atoms with Crippen molar-refractivity contribution >= 4 is 35.4 Å². The summed E-state index contributed by atoms with van der Waals surface area (Å²) in [6, 6.07) is 4.90. The highest BCUT2D eigenvalue weighted by atomic mass is 35.5. The molecule has 6 heteroatoms. The van der Waals surface area contributed by atoms with Gasteiger partial charge in [-0.1, -0.05) is 47.6 Å². The van der Waals surface area contributed by atoms with E-state index in [1.807, 2.05) is 0 Å². The van der Waals surface area contributed by atoms with Crippen LogP contribution < -0.4 is 0 Å². The minimum absolute atomic E-state index is 0.389. The Morgan fingerprint density at radius 2 is 1.76 bits per heavy atom. The number of rotatable bonds is 3. The Balaban J connectivity index is 0.000000211. The van der Waals surface area contributed by atoms with Crippen molar-refractivity contribution in [3.05, 3.63) is 33.8 Å². The third-order valence-corrected chi connectivity index (χ3v) is 3.72. The van der Waals surface area contributed by atoms with Crippen LogP contribution in [0.15, 0.2) is 23.4 Å². The maximum absolute atomic E-state index is 10.3. The van der Waals surface area contributed by atoms with E-state index in [0.717, 1.165) is 12.8 Å². The monoisotopic (exact) mass is 331 g/mol. The van der Waals surface area contributed by atoms with Crippen molar-refractivity contribution in [2.24, 2.45) is 11.1 Å². The van der Waals surface area contributed by atoms with E-state index in [9.17, 15) is 4.79 Å². The molecule has 2 rings (SSSR count). The third-order valence-electron chi connectivity index (χ3n) is 3.28. The molecule has 0 aromatic heterocycles. The number of carboxylic acids is 1. The predicted octanol–water partition coefficient (Wildman–Crippen LogP) is 4.84. The molecule has 0 radical (unpaired) electrons. The van der Waals surface area contributed by atoms with Crippen molar-refractivity contribution < 1.29 is 15.1 Å². The van der Waals surface area contributed by atoms with Crippen LogP contribution in [0, 0.1) is 5.92 Å². The molecule has 116 valence electrons. The summed E-state index contributed by atoms with van der Waals surface area (Å²) < 4.78 is 0. The predicted molar refractivity (Wildman–Crippen MR) is 84.7 cm³/mol. The van der Waals surface area contributed by atoms with Crippen LogP contribution in [-0.2, 0) is 4.79 Å². The molecule has 2 N–H and O–H groups in total. The fraction of sp³-hybridized carbons (Fsp3) is 0.467. The fourth-order valence-electron chi connectivity index (χ4n) is 2.35. The summed E-state index contributed by atoms with van der Waals surface area (Å²) in [5.74, 6) is -0.154. The van der Waals surface area contributed by atoms with Gasteiger partial charge in [-0.05, 0) is 42.5 Å². The van der Waals surface area contributed by atoms with E-state index < -0.39 is 5.97 Å². The van der Waals surface area contributed by atoms with Gasteiger partial charge in [0.15, 0.2) is 0 Å². The number of hydrogen-bond donors (Lipinski definition) is 2. The van der Waals surface area contributed by atoms with E-state index in [-0.39, 0.29) is 0 Å². The molecule has 1 saturated carbocycles. The molecular weight excluding hydrogens is 313 g/mol. The highest BCUT2D eigenvalue weighted by molar-refractivity contribution is 6.35. The van der Waals surface area contributed by atoms with Gasteiger partial charge in [-0.2, -0.15) is 0 Å². The zero-order chi connectivity index (χ0) is 15.7. The normalized spacial score (nSPS) is 15.5. The first-order valence-electron chi connectivity index (χ1n) is 6.86. The molecule has 0 heterocycles. The number of carboxylic acid groups (broad SMARTS) is 1. The van der Waals surface area contributed by atoms with Gasteiger partial charge in [-0.15, -0.1) is 0 Å². The van der Waals surface area contributed by atoms with Crippen molar-refractivity contribution in [1.29, 1.82) is 0 Å². The lowest BCUT2D eigenvalue weighted by Crippen LogP contribution is -2.10. The first-order chi connectivity index (χ1) is 10.0. The Labute approximate surface area is 134 Å². The highest BCUT2D eigenvalue weighted by Gasteiger charge is 2.15.